The number of nitrogens with zero attached hydrogens (tertiary/aromatic N) is 3. The Kier molecular flexibility index (Phi) is 4.94. The van der Waals surface area contributed by atoms with E-state index in [-0.39, 0.29) is 24.1 Å². The second-order valence-corrected chi connectivity index (χ2v) is 5.39. The number of nitro benzene ring substituents is 1. The van der Waals surface area contributed by atoms with E-state index < -0.39 is 4.92 Å². The number of benzene rings is 1. The summed E-state index contributed by atoms with van der Waals surface area (Å²) in [5, 5.41) is 22.4. The molecule has 0 bridgehead atoms. The van der Waals surface area contributed by atoms with Crippen molar-refractivity contribution in [2.24, 2.45) is 5.92 Å². The third-order valence-electron chi connectivity index (χ3n) is 3.67. The molecule has 1 fully saturated rings. The van der Waals surface area contributed by atoms with Gasteiger partial charge in [-0.3, -0.25) is 14.9 Å². The molecule has 2 rings (SSSR count). The van der Waals surface area contributed by atoms with Crippen LogP contribution >= 0.6 is 0 Å². The van der Waals surface area contributed by atoms with Crippen molar-refractivity contribution in [2.45, 2.75) is 19.8 Å². The van der Waals surface area contributed by atoms with Crippen LogP contribution in [0.3, 0.4) is 0 Å². The Morgan fingerprint density at radius 2 is 2.18 bits per heavy atom. The Morgan fingerprint density at radius 3 is 2.77 bits per heavy atom. The van der Waals surface area contributed by atoms with E-state index in [4.69, 9.17) is 5.26 Å². The van der Waals surface area contributed by atoms with Crippen molar-refractivity contribution in [1.82, 2.24) is 5.32 Å². The summed E-state index contributed by atoms with van der Waals surface area (Å²) in [6.07, 6.45) is 2.09. The fourth-order valence-electron chi connectivity index (χ4n) is 2.44. The molecule has 7 nitrogen and oxygen atoms in total. The topological polar surface area (TPSA) is 99.3 Å². The second kappa shape index (κ2) is 6.89. The molecule has 7 heteroatoms. The highest BCUT2D eigenvalue weighted by Crippen LogP contribution is 2.28. The lowest BCUT2D eigenvalue weighted by Gasteiger charge is -2.21. The molecule has 22 heavy (non-hydrogen) atoms. The maximum atomic E-state index is 12.3. The first kappa shape index (κ1) is 15.8. The highest BCUT2D eigenvalue weighted by molar-refractivity contribution is 6.00. The third kappa shape index (κ3) is 3.52. The van der Waals surface area contributed by atoms with Crippen LogP contribution in [0.25, 0.3) is 0 Å². The highest BCUT2D eigenvalue weighted by atomic mass is 16.6. The minimum atomic E-state index is -0.511. The van der Waals surface area contributed by atoms with Gasteiger partial charge in [0.25, 0.3) is 11.6 Å². The van der Waals surface area contributed by atoms with E-state index in [9.17, 15) is 14.9 Å². The van der Waals surface area contributed by atoms with Gasteiger partial charge in [-0.25, -0.2) is 0 Å². The first-order valence-corrected chi connectivity index (χ1v) is 7.24. The molecule has 1 N–H and O–H groups in total. The van der Waals surface area contributed by atoms with Crippen molar-refractivity contribution in [2.75, 3.05) is 24.5 Å². The molecule has 1 atom stereocenters. The number of carbonyl (C=O) groups is 1. The van der Waals surface area contributed by atoms with E-state index in [1.54, 1.807) is 13.0 Å². The number of nitro groups is 1. The summed E-state index contributed by atoms with van der Waals surface area (Å²) in [6.45, 7) is 3.60. The highest BCUT2D eigenvalue weighted by Gasteiger charge is 2.22. The largest absolute Gasteiger partial charge is 0.371 e. The average molecular weight is 302 g/mol. The summed E-state index contributed by atoms with van der Waals surface area (Å²) in [6, 6.07) is 6.39. The van der Waals surface area contributed by atoms with Crippen molar-refractivity contribution in [3.63, 3.8) is 0 Å². The standard InChI is InChI=1S/C15H18N4O3/c1-11(9-16)10-17-15(20)13-8-12(19(21)22)4-5-14(13)18-6-2-3-7-18/h4-5,8,11H,2-3,6-7,10H2,1H3,(H,17,20). The number of non-ortho nitro benzene ring substituents is 1. The monoisotopic (exact) mass is 302 g/mol. The lowest BCUT2D eigenvalue weighted by atomic mass is 10.1. The van der Waals surface area contributed by atoms with Crippen molar-refractivity contribution in [3.8, 4) is 6.07 Å². The molecule has 116 valence electrons. The van der Waals surface area contributed by atoms with Crippen molar-refractivity contribution in [1.29, 1.82) is 5.26 Å². The van der Waals surface area contributed by atoms with Gasteiger partial charge >= 0.3 is 0 Å². The Balaban J connectivity index is 2.28. The molecule has 0 aromatic heterocycles. The molecule has 1 amide bonds. The smallest absolute Gasteiger partial charge is 0.270 e. The number of anilines is 1. The average Bonchev–Trinajstić information content (AvgIpc) is 3.05. The summed E-state index contributed by atoms with van der Waals surface area (Å²) in [5.41, 5.74) is 0.896. The molecule has 1 aliphatic rings. The van der Waals surface area contributed by atoms with Gasteiger partial charge < -0.3 is 10.2 Å². The van der Waals surface area contributed by atoms with Gasteiger partial charge in [0.2, 0.25) is 0 Å². The maximum Gasteiger partial charge on any atom is 0.270 e. The van der Waals surface area contributed by atoms with E-state index in [0.29, 0.717) is 11.3 Å². The van der Waals surface area contributed by atoms with Gasteiger partial charge in [-0.2, -0.15) is 5.26 Å². The zero-order valence-corrected chi connectivity index (χ0v) is 12.4. The van der Waals surface area contributed by atoms with Gasteiger partial charge in [-0.15, -0.1) is 0 Å². The minimum Gasteiger partial charge on any atom is -0.371 e. The molecule has 1 aliphatic heterocycles. The Morgan fingerprint density at radius 1 is 1.50 bits per heavy atom. The Hall–Kier alpha value is -2.62. The predicted octanol–water partition coefficient (Wildman–Crippen LogP) is 2.08. The zero-order valence-electron chi connectivity index (χ0n) is 12.4. The fraction of sp³-hybridized carbons (Fsp3) is 0.467. The summed E-state index contributed by atoms with van der Waals surface area (Å²) < 4.78 is 0. The summed E-state index contributed by atoms with van der Waals surface area (Å²) in [7, 11) is 0. The van der Waals surface area contributed by atoms with Gasteiger partial charge in [0.15, 0.2) is 0 Å². The molecule has 0 aliphatic carbocycles. The number of rotatable bonds is 5. The third-order valence-corrected chi connectivity index (χ3v) is 3.67. The molecule has 1 aromatic rings. The van der Waals surface area contributed by atoms with E-state index >= 15 is 0 Å². The molecule has 1 unspecified atom stereocenters. The maximum absolute atomic E-state index is 12.3. The van der Waals surface area contributed by atoms with E-state index in [0.717, 1.165) is 25.9 Å². The van der Waals surface area contributed by atoms with Crippen LogP contribution < -0.4 is 10.2 Å². The first-order chi connectivity index (χ1) is 10.5. The normalized spacial score (nSPS) is 15.2. The van der Waals surface area contributed by atoms with Crippen LogP contribution in [0.1, 0.15) is 30.1 Å². The van der Waals surface area contributed by atoms with E-state index in [1.165, 1.54) is 12.1 Å². The van der Waals surface area contributed by atoms with Crippen LogP contribution in [0.4, 0.5) is 11.4 Å². The summed E-state index contributed by atoms with van der Waals surface area (Å²) in [4.78, 5) is 24.8. The predicted molar refractivity (Wildman–Crippen MR) is 81.7 cm³/mol. The number of carbonyl (C=O) groups excluding carboxylic acids is 1. The van der Waals surface area contributed by atoms with Crippen molar-refractivity contribution in [3.05, 3.63) is 33.9 Å². The molecular weight excluding hydrogens is 284 g/mol. The van der Waals surface area contributed by atoms with Crippen LogP contribution in [0.5, 0.6) is 0 Å². The second-order valence-electron chi connectivity index (χ2n) is 5.39. The molecule has 0 spiro atoms. The molecule has 0 radical (unpaired) electrons. The van der Waals surface area contributed by atoms with Gasteiger partial charge in [-0.1, -0.05) is 0 Å². The van der Waals surface area contributed by atoms with E-state index in [1.807, 2.05) is 6.07 Å². The van der Waals surface area contributed by atoms with Gasteiger partial charge in [-0.05, 0) is 25.8 Å². The molecule has 1 aromatic carbocycles. The molecule has 1 heterocycles. The van der Waals surface area contributed by atoms with E-state index in [2.05, 4.69) is 10.2 Å². The Bertz CT molecular complexity index is 618. The quantitative estimate of drug-likeness (QED) is 0.663. The summed E-state index contributed by atoms with van der Waals surface area (Å²) in [5.74, 6) is -0.689. The number of hydrogen-bond acceptors (Lipinski definition) is 5. The Labute approximate surface area is 128 Å². The van der Waals surface area contributed by atoms with Gasteiger partial charge in [0.1, 0.15) is 0 Å². The number of nitrogens with one attached hydrogen (secondary N) is 1. The first-order valence-electron chi connectivity index (χ1n) is 7.24. The minimum absolute atomic E-state index is 0.110. The van der Waals surface area contributed by atoms with Crippen molar-refractivity contribution < 1.29 is 9.72 Å². The van der Waals surface area contributed by atoms with Crippen LogP contribution in [0.2, 0.25) is 0 Å². The molecule has 0 saturated carbocycles. The lowest BCUT2D eigenvalue weighted by molar-refractivity contribution is -0.384. The van der Waals surface area contributed by atoms with Crippen LogP contribution in [-0.4, -0.2) is 30.5 Å². The number of hydrogen-bond donors (Lipinski definition) is 1. The molecular formula is C15H18N4O3. The lowest BCUT2D eigenvalue weighted by Crippen LogP contribution is -2.30. The number of nitriles is 1. The van der Waals surface area contributed by atoms with Gasteiger partial charge in [0, 0.05) is 31.8 Å². The fourth-order valence-corrected chi connectivity index (χ4v) is 2.44. The number of amides is 1. The zero-order chi connectivity index (χ0) is 16.1. The summed E-state index contributed by atoms with van der Waals surface area (Å²) >= 11 is 0. The SMILES string of the molecule is CC(C#N)CNC(=O)c1cc([N+](=O)[O-])ccc1N1CCCC1. The van der Waals surface area contributed by atoms with Crippen LogP contribution in [-0.2, 0) is 0 Å². The van der Waals surface area contributed by atoms with Gasteiger partial charge in [0.05, 0.1) is 28.2 Å². The van der Waals surface area contributed by atoms with Crippen LogP contribution in [0, 0.1) is 27.4 Å². The molecule has 1 saturated heterocycles. The van der Waals surface area contributed by atoms with Crippen molar-refractivity contribution >= 4 is 17.3 Å². The van der Waals surface area contributed by atoms with Crippen LogP contribution in [0.15, 0.2) is 18.2 Å².